The standard InChI is InChI=1S/C19H17BN2O4/c21-11-14-6-2-1-5-13(14)10-19(23)22-18(20(24)25)9-15-12-26-17-8-4-3-7-16(15)17/h1-8,12,18,24-25H,9-10H2,(H,22,23). The van der Waals surface area contributed by atoms with Crippen molar-refractivity contribution in [1.29, 1.82) is 5.26 Å². The summed E-state index contributed by atoms with van der Waals surface area (Å²) in [6.45, 7) is 0. The van der Waals surface area contributed by atoms with Crippen LogP contribution in [0.4, 0.5) is 0 Å². The predicted molar refractivity (Wildman–Crippen MR) is 96.9 cm³/mol. The fourth-order valence-electron chi connectivity index (χ4n) is 2.87. The predicted octanol–water partition coefficient (Wildman–Crippen LogP) is 1.59. The zero-order valence-corrected chi connectivity index (χ0v) is 13.9. The first-order valence-corrected chi connectivity index (χ1v) is 8.17. The second-order valence-corrected chi connectivity index (χ2v) is 5.99. The number of fused-ring (bicyclic) bond motifs is 1. The molecule has 2 aromatic carbocycles. The Bertz CT molecular complexity index is 961. The van der Waals surface area contributed by atoms with E-state index in [1.165, 1.54) is 0 Å². The molecule has 3 aromatic rings. The van der Waals surface area contributed by atoms with E-state index in [0.29, 0.717) is 16.7 Å². The summed E-state index contributed by atoms with van der Waals surface area (Å²) in [7, 11) is -1.72. The number of benzene rings is 2. The first-order valence-electron chi connectivity index (χ1n) is 8.17. The molecule has 0 fully saturated rings. The molecular formula is C19H17BN2O4. The molecule has 0 radical (unpaired) electrons. The largest absolute Gasteiger partial charge is 0.475 e. The summed E-state index contributed by atoms with van der Waals surface area (Å²) in [6, 6.07) is 16.3. The van der Waals surface area contributed by atoms with E-state index in [1.807, 2.05) is 30.3 Å². The minimum atomic E-state index is -1.72. The molecule has 0 spiro atoms. The number of nitrogens with one attached hydrogen (secondary N) is 1. The number of nitrogens with zero attached hydrogens (tertiary/aromatic N) is 1. The van der Waals surface area contributed by atoms with Crippen molar-refractivity contribution in [1.82, 2.24) is 5.32 Å². The lowest BCUT2D eigenvalue weighted by Crippen LogP contribution is -2.48. The molecule has 3 rings (SSSR count). The van der Waals surface area contributed by atoms with Crippen LogP contribution in [-0.2, 0) is 17.6 Å². The van der Waals surface area contributed by atoms with Gasteiger partial charge in [-0.25, -0.2) is 0 Å². The summed E-state index contributed by atoms with van der Waals surface area (Å²) in [5, 5.41) is 31.9. The summed E-state index contributed by atoms with van der Waals surface area (Å²) in [5.41, 5.74) is 2.48. The molecule has 1 heterocycles. The monoisotopic (exact) mass is 348 g/mol. The van der Waals surface area contributed by atoms with Gasteiger partial charge in [0, 0.05) is 5.39 Å². The van der Waals surface area contributed by atoms with Crippen LogP contribution in [0, 0.1) is 11.3 Å². The maximum atomic E-state index is 12.3. The fraction of sp³-hybridized carbons (Fsp3) is 0.158. The van der Waals surface area contributed by atoms with Crippen LogP contribution in [0.25, 0.3) is 11.0 Å². The molecule has 0 aliphatic heterocycles. The third kappa shape index (κ3) is 3.94. The van der Waals surface area contributed by atoms with E-state index in [2.05, 4.69) is 5.32 Å². The maximum absolute atomic E-state index is 12.3. The van der Waals surface area contributed by atoms with Gasteiger partial charge in [0.1, 0.15) is 5.58 Å². The van der Waals surface area contributed by atoms with Gasteiger partial charge in [0.05, 0.1) is 30.3 Å². The minimum Gasteiger partial charge on any atom is -0.464 e. The Morgan fingerprint density at radius 1 is 1.15 bits per heavy atom. The van der Waals surface area contributed by atoms with Crippen LogP contribution in [-0.4, -0.2) is 29.0 Å². The van der Waals surface area contributed by atoms with E-state index in [4.69, 9.17) is 9.68 Å². The SMILES string of the molecule is N#Cc1ccccc1CC(=O)NC(Cc1coc2ccccc12)B(O)O. The Hall–Kier alpha value is -3.08. The second kappa shape index (κ2) is 7.87. The van der Waals surface area contributed by atoms with Gasteiger partial charge >= 0.3 is 7.12 Å². The highest BCUT2D eigenvalue weighted by molar-refractivity contribution is 6.43. The number of hydrogen-bond acceptors (Lipinski definition) is 5. The lowest BCUT2D eigenvalue weighted by Gasteiger charge is -2.17. The van der Waals surface area contributed by atoms with Gasteiger partial charge in [0.25, 0.3) is 0 Å². The molecule has 1 unspecified atom stereocenters. The van der Waals surface area contributed by atoms with E-state index in [-0.39, 0.29) is 12.8 Å². The van der Waals surface area contributed by atoms with Crippen molar-refractivity contribution in [3.05, 3.63) is 71.5 Å². The van der Waals surface area contributed by atoms with Gasteiger partial charge in [-0.1, -0.05) is 36.4 Å². The van der Waals surface area contributed by atoms with Gasteiger partial charge in [0.2, 0.25) is 5.91 Å². The quantitative estimate of drug-likeness (QED) is 0.587. The van der Waals surface area contributed by atoms with Crippen molar-refractivity contribution in [2.45, 2.75) is 18.8 Å². The summed E-state index contributed by atoms with van der Waals surface area (Å²) in [5.74, 6) is -1.28. The molecule has 7 heteroatoms. The summed E-state index contributed by atoms with van der Waals surface area (Å²) in [4.78, 5) is 12.3. The summed E-state index contributed by atoms with van der Waals surface area (Å²) in [6.07, 6.45) is 1.75. The number of carbonyl (C=O) groups excluding carboxylic acids is 1. The number of nitriles is 1. The molecule has 26 heavy (non-hydrogen) atoms. The number of hydrogen-bond donors (Lipinski definition) is 3. The first kappa shape index (κ1) is 17.7. The Balaban J connectivity index is 1.72. The Morgan fingerprint density at radius 3 is 2.65 bits per heavy atom. The smallest absolute Gasteiger partial charge is 0.464 e. The molecule has 1 amide bonds. The van der Waals surface area contributed by atoms with Crippen molar-refractivity contribution < 1.29 is 19.3 Å². The minimum absolute atomic E-state index is 0.0148. The molecule has 0 saturated carbocycles. The van der Waals surface area contributed by atoms with Crippen LogP contribution < -0.4 is 5.32 Å². The number of amides is 1. The molecule has 3 N–H and O–H groups in total. The topological polar surface area (TPSA) is 106 Å². The van der Waals surface area contributed by atoms with E-state index in [9.17, 15) is 14.8 Å². The molecule has 1 atom stereocenters. The summed E-state index contributed by atoms with van der Waals surface area (Å²) < 4.78 is 5.45. The number of para-hydroxylation sites is 1. The molecule has 6 nitrogen and oxygen atoms in total. The summed E-state index contributed by atoms with van der Waals surface area (Å²) >= 11 is 0. The van der Waals surface area contributed by atoms with Gasteiger partial charge in [-0.3, -0.25) is 4.79 Å². The van der Waals surface area contributed by atoms with Crippen LogP contribution in [0.15, 0.2) is 59.2 Å². The third-order valence-corrected chi connectivity index (χ3v) is 4.20. The van der Waals surface area contributed by atoms with E-state index >= 15 is 0 Å². The lowest BCUT2D eigenvalue weighted by molar-refractivity contribution is -0.120. The van der Waals surface area contributed by atoms with Crippen molar-refractivity contribution in [3.63, 3.8) is 0 Å². The maximum Gasteiger partial charge on any atom is 0.475 e. The average molecular weight is 348 g/mol. The zero-order chi connectivity index (χ0) is 18.5. The number of carbonyl (C=O) groups is 1. The second-order valence-electron chi connectivity index (χ2n) is 5.99. The van der Waals surface area contributed by atoms with Gasteiger partial charge in [-0.15, -0.1) is 0 Å². The lowest BCUT2D eigenvalue weighted by atomic mass is 9.75. The molecule has 0 saturated heterocycles. The molecule has 130 valence electrons. The van der Waals surface area contributed by atoms with Crippen LogP contribution in [0.3, 0.4) is 0 Å². The molecule has 0 aliphatic rings. The van der Waals surface area contributed by atoms with Crippen LogP contribution in [0.5, 0.6) is 0 Å². The van der Waals surface area contributed by atoms with E-state index in [0.717, 1.165) is 10.9 Å². The van der Waals surface area contributed by atoms with Gasteiger partial charge in [0.15, 0.2) is 0 Å². The van der Waals surface area contributed by atoms with Crippen LogP contribution in [0.1, 0.15) is 16.7 Å². The zero-order valence-electron chi connectivity index (χ0n) is 13.9. The van der Waals surface area contributed by atoms with Gasteiger partial charge < -0.3 is 19.8 Å². The fourth-order valence-corrected chi connectivity index (χ4v) is 2.87. The van der Waals surface area contributed by atoms with E-state index < -0.39 is 19.0 Å². The molecule has 0 bridgehead atoms. The van der Waals surface area contributed by atoms with Crippen molar-refractivity contribution in [2.75, 3.05) is 0 Å². The molecule has 0 aliphatic carbocycles. The Morgan fingerprint density at radius 2 is 1.88 bits per heavy atom. The highest BCUT2D eigenvalue weighted by atomic mass is 16.4. The highest BCUT2D eigenvalue weighted by Gasteiger charge is 2.27. The van der Waals surface area contributed by atoms with Crippen molar-refractivity contribution in [2.24, 2.45) is 0 Å². The average Bonchev–Trinajstić information content (AvgIpc) is 3.04. The first-order chi connectivity index (χ1) is 12.6. The number of furan rings is 1. The van der Waals surface area contributed by atoms with Crippen molar-refractivity contribution in [3.8, 4) is 6.07 Å². The van der Waals surface area contributed by atoms with Gasteiger partial charge in [-0.2, -0.15) is 5.26 Å². The molecule has 1 aromatic heterocycles. The van der Waals surface area contributed by atoms with Crippen molar-refractivity contribution >= 4 is 24.0 Å². The van der Waals surface area contributed by atoms with Crippen LogP contribution in [0.2, 0.25) is 0 Å². The normalized spacial score (nSPS) is 11.7. The third-order valence-electron chi connectivity index (χ3n) is 4.20. The Labute approximate surface area is 150 Å². The molecular weight excluding hydrogens is 331 g/mol. The number of rotatable bonds is 6. The van der Waals surface area contributed by atoms with E-state index in [1.54, 1.807) is 30.5 Å². The Kier molecular flexibility index (Phi) is 5.37. The van der Waals surface area contributed by atoms with Crippen LogP contribution >= 0.6 is 0 Å². The van der Waals surface area contributed by atoms with Gasteiger partial charge in [-0.05, 0) is 29.7 Å². The highest BCUT2D eigenvalue weighted by Crippen LogP contribution is 2.22.